The Morgan fingerprint density at radius 3 is 2.37 bits per heavy atom. The van der Waals surface area contributed by atoms with Gasteiger partial charge in [0.05, 0.1) is 37.9 Å². The molecule has 0 atom stereocenters. The van der Waals surface area contributed by atoms with Crippen molar-refractivity contribution in [2.75, 3.05) is 21.3 Å². The Hall–Kier alpha value is -2.83. The smallest absolute Gasteiger partial charge is 0.496 e. The first-order valence-electron chi connectivity index (χ1n) is 7.41. The molecule has 1 fully saturated rings. The van der Waals surface area contributed by atoms with Crippen LogP contribution in [-0.4, -0.2) is 61.8 Å². The van der Waals surface area contributed by atoms with E-state index in [4.69, 9.17) is 9.47 Å². The Bertz CT molecular complexity index is 814. The molecule has 27 heavy (non-hydrogen) atoms. The van der Waals surface area contributed by atoms with Gasteiger partial charge in [-0.2, -0.15) is 5.10 Å². The lowest BCUT2D eigenvalue weighted by Crippen LogP contribution is -2.32. The van der Waals surface area contributed by atoms with E-state index in [1.807, 2.05) is 0 Å². The van der Waals surface area contributed by atoms with Crippen molar-refractivity contribution in [2.24, 2.45) is 10.2 Å². The van der Waals surface area contributed by atoms with E-state index in [1.165, 1.54) is 39.7 Å². The number of nitrogens with one attached hydrogen (secondary N) is 1. The van der Waals surface area contributed by atoms with Crippen LogP contribution in [0.1, 0.15) is 5.56 Å². The van der Waals surface area contributed by atoms with Gasteiger partial charge in [0.2, 0.25) is 0 Å². The molecule has 0 aromatic heterocycles. The molecule has 0 radical (unpaired) electrons. The molecule has 0 saturated carbocycles. The van der Waals surface area contributed by atoms with Gasteiger partial charge in [-0.25, -0.2) is 4.79 Å². The van der Waals surface area contributed by atoms with Gasteiger partial charge < -0.3 is 24.3 Å². The Kier molecular flexibility index (Phi) is 6.99. The van der Waals surface area contributed by atoms with Crippen molar-refractivity contribution in [2.45, 2.75) is 0 Å². The van der Waals surface area contributed by atoms with Crippen LogP contribution >= 0.6 is 11.8 Å². The number of thioether (sulfide) groups is 1. The van der Waals surface area contributed by atoms with Crippen molar-refractivity contribution in [1.82, 2.24) is 5.32 Å². The zero-order valence-corrected chi connectivity index (χ0v) is 15.4. The zero-order chi connectivity index (χ0) is 20.0. The molecule has 1 amide bonds. The van der Waals surface area contributed by atoms with Crippen LogP contribution in [0, 0.1) is 0 Å². The van der Waals surface area contributed by atoms with Crippen LogP contribution in [0.3, 0.4) is 0 Å². The van der Waals surface area contributed by atoms with E-state index in [1.54, 1.807) is 0 Å². The van der Waals surface area contributed by atoms with E-state index in [0.29, 0.717) is 5.56 Å². The van der Waals surface area contributed by atoms with E-state index in [2.05, 4.69) is 20.3 Å². The molecular weight excluding hydrogens is 377 g/mol. The normalized spacial score (nSPS) is 16.7. The monoisotopic (exact) mass is 393 g/mol. The Labute approximate surface area is 159 Å². The minimum Gasteiger partial charge on any atom is -0.497 e. The molecule has 10 nitrogen and oxygen atoms in total. The summed E-state index contributed by atoms with van der Waals surface area (Å²) in [7, 11) is 2.19. The Balaban J connectivity index is 2.21. The van der Waals surface area contributed by atoms with Crippen LogP contribution in [0.15, 0.2) is 33.3 Å². The summed E-state index contributed by atoms with van der Waals surface area (Å²) in [5.41, 5.74) is 0.594. The lowest BCUT2D eigenvalue weighted by Gasteiger charge is -2.13. The Morgan fingerprint density at radius 2 is 1.85 bits per heavy atom. The average molecular weight is 393 g/mol. The highest BCUT2D eigenvalue weighted by Gasteiger charge is 2.25. The molecule has 1 aliphatic heterocycles. The molecule has 1 aromatic carbocycles. The number of esters is 1. The first kappa shape index (κ1) is 20.5. The van der Waals surface area contributed by atoms with Crippen molar-refractivity contribution in [3.05, 3.63) is 28.7 Å². The molecular formula is C15H16BN3O7S. The fourth-order valence-electron chi connectivity index (χ4n) is 2.08. The largest absolute Gasteiger partial charge is 0.497 e. The molecule has 1 saturated heterocycles. The number of hydrogen-bond donors (Lipinski definition) is 3. The summed E-state index contributed by atoms with van der Waals surface area (Å²) in [4.78, 5) is 23.1. The van der Waals surface area contributed by atoms with Gasteiger partial charge in [-0.1, -0.05) is 0 Å². The van der Waals surface area contributed by atoms with Crippen LogP contribution in [0.25, 0.3) is 0 Å². The van der Waals surface area contributed by atoms with Crippen LogP contribution in [0.4, 0.5) is 0 Å². The Morgan fingerprint density at radius 1 is 1.22 bits per heavy atom. The van der Waals surface area contributed by atoms with E-state index in [0.717, 1.165) is 17.8 Å². The summed E-state index contributed by atoms with van der Waals surface area (Å²) in [6.45, 7) is 0. The number of nitrogens with zero attached hydrogens (tertiary/aromatic N) is 2. The number of carbonyl (C=O) groups excluding carboxylic acids is 2. The van der Waals surface area contributed by atoms with E-state index in [-0.39, 0.29) is 27.0 Å². The molecule has 142 valence electrons. The second-order valence-electron chi connectivity index (χ2n) is 4.95. The number of rotatable bonds is 6. The number of amidine groups is 1. The second-order valence-corrected chi connectivity index (χ2v) is 5.98. The van der Waals surface area contributed by atoms with E-state index >= 15 is 0 Å². The predicted molar refractivity (Wildman–Crippen MR) is 100 cm³/mol. The van der Waals surface area contributed by atoms with E-state index < -0.39 is 19.0 Å². The van der Waals surface area contributed by atoms with Gasteiger partial charge >= 0.3 is 13.1 Å². The first-order valence-corrected chi connectivity index (χ1v) is 8.23. The number of ether oxygens (including phenoxy) is 3. The average Bonchev–Trinajstić information content (AvgIpc) is 2.99. The lowest BCUT2D eigenvalue weighted by molar-refractivity contribution is -0.135. The quantitative estimate of drug-likeness (QED) is 0.184. The molecule has 1 aromatic rings. The fourth-order valence-corrected chi connectivity index (χ4v) is 2.82. The summed E-state index contributed by atoms with van der Waals surface area (Å²) < 4.78 is 14.7. The maximum atomic E-state index is 11.7. The molecule has 12 heteroatoms. The van der Waals surface area contributed by atoms with Gasteiger partial charge in [0.1, 0.15) is 11.5 Å². The van der Waals surface area contributed by atoms with Crippen molar-refractivity contribution in [1.29, 1.82) is 0 Å². The number of amides is 1. The number of carbonyl (C=O) groups is 2. The van der Waals surface area contributed by atoms with Crippen LogP contribution in [-0.2, 0) is 14.3 Å². The molecule has 0 unspecified atom stereocenters. The maximum Gasteiger partial charge on any atom is 0.496 e. The van der Waals surface area contributed by atoms with Crippen LogP contribution in [0.2, 0.25) is 0 Å². The third-order valence-corrected chi connectivity index (χ3v) is 4.18. The fraction of sp³-hybridized carbons (Fsp3) is 0.200. The molecule has 1 heterocycles. The van der Waals surface area contributed by atoms with Crippen molar-refractivity contribution >= 4 is 47.6 Å². The molecule has 1 aliphatic rings. The highest BCUT2D eigenvalue weighted by atomic mass is 32.2. The first-order chi connectivity index (χ1) is 12.9. The molecule has 3 N–H and O–H groups in total. The van der Waals surface area contributed by atoms with Gasteiger partial charge in [0, 0.05) is 11.6 Å². The molecule has 0 spiro atoms. The van der Waals surface area contributed by atoms with Crippen LogP contribution < -0.4 is 20.3 Å². The van der Waals surface area contributed by atoms with Crippen LogP contribution in [0.5, 0.6) is 11.5 Å². The minimum absolute atomic E-state index is 0.0830. The third-order valence-electron chi connectivity index (χ3n) is 3.28. The van der Waals surface area contributed by atoms with Gasteiger partial charge in [-0.3, -0.25) is 10.1 Å². The summed E-state index contributed by atoms with van der Waals surface area (Å²) in [6.07, 6.45) is 2.42. The summed E-state index contributed by atoms with van der Waals surface area (Å²) in [6, 6.07) is 3.04. The lowest BCUT2D eigenvalue weighted by atomic mass is 9.78. The second kappa shape index (κ2) is 9.21. The van der Waals surface area contributed by atoms with Crippen molar-refractivity contribution in [3.8, 4) is 11.5 Å². The summed E-state index contributed by atoms with van der Waals surface area (Å²) in [5.74, 6) is -0.734. The topological polar surface area (TPSA) is 139 Å². The van der Waals surface area contributed by atoms with E-state index in [9.17, 15) is 19.6 Å². The molecule has 2 rings (SSSR count). The highest BCUT2D eigenvalue weighted by molar-refractivity contribution is 8.18. The van der Waals surface area contributed by atoms with Crippen molar-refractivity contribution < 1.29 is 33.8 Å². The number of methoxy groups -OCH3 is 3. The van der Waals surface area contributed by atoms with Gasteiger partial charge in [0.25, 0.3) is 5.91 Å². The maximum absolute atomic E-state index is 11.7. The SMILES string of the molecule is COC(=O)/C=C1/S/C(=N\N=Cc2cc(OC)c(B(O)O)c(OC)c2)NC1=O. The van der Waals surface area contributed by atoms with Gasteiger partial charge in [0.15, 0.2) is 5.17 Å². The minimum atomic E-state index is -1.77. The van der Waals surface area contributed by atoms with Crippen molar-refractivity contribution in [3.63, 3.8) is 0 Å². The van der Waals surface area contributed by atoms with Gasteiger partial charge in [-0.05, 0) is 23.9 Å². The summed E-state index contributed by atoms with van der Waals surface area (Å²) in [5, 5.41) is 29.3. The molecule has 0 bridgehead atoms. The predicted octanol–water partition coefficient (Wildman–Crippen LogP) is -1.01. The summed E-state index contributed by atoms with van der Waals surface area (Å²) >= 11 is 0.940. The standard InChI is InChI=1S/C15H16BN3O7S/c1-24-9-4-8(5-10(25-2)13(9)16(22)23)7-17-19-15-18-14(21)11(27-15)6-12(20)26-3/h4-7,22-23H,1-3H3,(H,18,19,21)/b11-6+,17-7?. The highest BCUT2D eigenvalue weighted by Crippen LogP contribution is 2.23. The van der Waals surface area contributed by atoms with Gasteiger partial charge in [-0.15, -0.1) is 5.10 Å². The third kappa shape index (κ3) is 5.09. The zero-order valence-electron chi connectivity index (χ0n) is 14.6. The number of hydrogen-bond acceptors (Lipinski definition) is 10. The number of benzene rings is 1. The molecule has 0 aliphatic carbocycles.